The first-order chi connectivity index (χ1) is 10.0. The minimum atomic E-state index is -0.832. The predicted molar refractivity (Wildman–Crippen MR) is 77.3 cm³/mol. The van der Waals surface area contributed by atoms with E-state index in [9.17, 15) is 14.5 Å². The molecule has 3 rings (SSSR count). The van der Waals surface area contributed by atoms with Gasteiger partial charge in [-0.05, 0) is 24.7 Å². The Morgan fingerprint density at radius 2 is 2.05 bits per heavy atom. The molecule has 0 atom stereocenters. The molecule has 6 heteroatoms. The number of nitro benzene ring substituents is 1. The second-order valence-electron chi connectivity index (χ2n) is 6.11. The summed E-state index contributed by atoms with van der Waals surface area (Å²) in [5.74, 6) is -0.512. The number of ether oxygens (including phenoxy) is 1. The van der Waals surface area contributed by atoms with Crippen LogP contribution in [0.5, 0.6) is 5.75 Å². The van der Waals surface area contributed by atoms with Crippen LogP contribution in [0, 0.1) is 21.3 Å². The number of nitrogens with zero attached hydrogens (tertiary/aromatic N) is 2. The first-order valence-electron chi connectivity index (χ1n) is 7.32. The summed E-state index contributed by atoms with van der Waals surface area (Å²) >= 11 is 0. The van der Waals surface area contributed by atoms with Crippen molar-refractivity contribution in [2.75, 3.05) is 25.1 Å². The number of hydrogen-bond acceptors (Lipinski definition) is 4. The van der Waals surface area contributed by atoms with Crippen LogP contribution in [-0.4, -0.2) is 25.1 Å². The number of hydrogen-bond donors (Lipinski definition) is 0. The largest absolute Gasteiger partial charge is 0.497 e. The van der Waals surface area contributed by atoms with E-state index in [4.69, 9.17) is 4.74 Å². The molecule has 2 fully saturated rings. The Morgan fingerprint density at radius 3 is 2.67 bits per heavy atom. The van der Waals surface area contributed by atoms with Gasteiger partial charge in [0, 0.05) is 25.2 Å². The molecule has 1 spiro atoms. The number of nitro groups is 1. The molecule has 1 aliphatic carbocycles. The van der Waals surface area contributed by atoms with Gasteiger partial charge in [-0.1, -0.05) is 12.8 Å². The number of methoxy groups -OCH3 is 1. The third-order valence-corrected chi connectivity index (χ3v) is 4.88. The van der Waals surface area contributed by atoms with E-state index in [1.165, 1.54) is 32.8 Å². The van der Waals surface area contributed by atoms with Gasteiger partial charge >= 0.3 is 5.69 Å². The van der Waals surface area contributed by atoms with Gasteiger partial charge in [-0.25, -0.2) is 0 Å². The molecule has 1 heterocycles. The van der Waals surface area contributed by atoms with E-state index in [0.717, 1.165) is 25.6 Å². The number of benzene rings is 1. The molecule has 1 aromatic rings. The second-order valence-corrected chi connectivity index (χ2v) is 6.11. The first-order valence-corrected chi connectivity index (χ1v) is 7.32. The Kier molecular flexibility index (Phi) is 3.47. The lowest BCUT2D eigenvalue weighted by Gasteiger charge is -2.24. The molecule has 5 nitrogen and oxygen atoms in total. The molecule has 1 saturated carbocycles. The zero-order chi connectivity index (χ0) is 15.0. The van der Waals surface area contributed by atoms with Crippen LogP contribution in [0.3, 0.4) is 0 Å². The minimum Gasteiger partial charge on any atom is -0.497 e. The molecule has 1 saturated heterocycles. The van der Waals surface area contributed by atoms with Crippen LogP contribution in [0.15, 0.2) is 12.1 Å². The molecular formula is C15H19FN2O3. The smallest absolute Gasteiger partial charge is 0.328 e. The van der Waals surface area contributed by atoms with E-state index in [1.807, 2.05) is 4.90 Å². The summed E-state index contributed by atoms with van der Waals surface area (Å²) in [6.07, 6.45) is 5.82. The molecular weight excluding hydrogens is 275 g/mol. The van der Waals surface area contributed by atoms with E-state index in [-0.39, 0.29) is 5.41 Å². The van der Waals surface area contributed by atoms with Crippen molar-refractivity contribution in [1.82, 2.24) is 0 Å². The van der Waals surface area contributed by atoms with Gasteiger partial charge in [0.15, 0.2) is 0 Å². The summed E-state index contributed by atoms with van der Waals surface area (Å²) in [7, 11) is 1.44. The fourth-order valence-electron chi connectivity index (χ4n) is 3.77. The second kappa shape index (κ2) is 5.16. The van der Waals surface area contributed by atoms with Gasteiger partial charge in [-0.3, -0.25) is 10.1 Å². The first kappa shape index (κ1) is 14.1. The van der Waals surface area contributed by atoms with Crippen molar-refractivity contribution < 1.29 is 14.1 Å². The summed E-state index contributed by atoms with van der Waals surface area (Å²) in [5, 5.41) is 11.2. The van der Waals surface area contributed by atoms with Crippen molar-refractivity contribution in [3.05, 3.63) is 28.1 Å². The molecule has 0 bridgehead atoms. The fourth-order valence-corrected chi connectivity index (χ4v) is 3.77. The average Bonchev–Trinajstić information content (AvgIpc) is 3.08. The maximum absolute atomic E-state index is 14.0. The number of halogens is 1. The van der Waals surface area contributed by atoms with Gasteiger partial charge < -0.3 is 9.64 Å². The molecule has 0 unspecified atom stereocenters. The summed E-state index contributed by atoms with van der Waals surface area (Å²) in [4.78, 5) is 12.5. The van der Waals surface area contributed by atoms with Crippen LogP contribution in [0.4, 0.5) is 15.8 Å². The van der Waals surface area contributed by atoms with Crippen LogP contribution in [-0.2, 0) is 0 Å². The summed E-state index contributed by atoms with van der Waals surface area (Å²) < 4.78 is 19.1. The van der Waals surface area contributed by atoms with Crippen molar-refractivity contribution in [1.29, 1.82) is 0 Å². The fraction of sp³-hybridized carbons (Fsp3) is 0.600. The van der Waals surface area contributed by atoms with Gasteiger partial charge in [-0.15, -0.1) is 0 Å². The van der Waals surface area contributed by atoms with Crippen molar-refractivity contribution >= 4 is 11.4 Å². The van der Waals surface area contributed by atoms with Crippen molar-refractivity contribution in [3.8, 4) is 5.75 Å². The molecule has 1 aliphatic heterocycles. The Bertz CT molecular complexity index is 570. The Morgan fingerprint density at radius 1 is 1.33 bits per heavy atom. The predicted octanol–water partition coefficient (Wildman–Crippen LogP) is 3.51. The Balaban J connectivity index is 1.97. The standard InChI is InChI=1S/C15H19FN2O3/c1-21-11-8-12(16)14(18(19)20)13(9-11)17-7-6-15(10-17)4-2-3-5-15/h8-9H,2-7,10H2,1H3. The highest BCUT2D eigenvalue weighted by Gasteiger charge is 2.42. The topological polar surface area (TPSA) is 55.6 Å². The highest BCUT2D eigenvalue weighted by Crippen LogP contribution is 2.48. The molecule has 0 aromatic heterocycles. The molecule has 0 amide bonds. The lowest BCUT2D eigenvalue weighted by Crippen LogP contribution is -2.25. The molecule has 0 N–H and O–H groups in total. The number of rotatable bonds is 3. The third-order valence-electron chi connectivity index (χ3n) is 4.88. The van der Waals surface area contributed by atoms with E-state index >= 15 is 0 Å². The van der Waals surface area contributed by atoms with Gasteiger partial charge in [0.25, 0.3) is 0 Å². The Labute approximate surface area is 122 Å². The average molecular weight is 294 g/mol. The highest BCUT2D eigenvalue weighted by molar-refractivity contribution is 5.67. The van der Waals surface area contributed by atoms with E-state index in [0.29, 0.717) is 11.4 Å². The molecule has 2 aliphatic rings. The lowest BCUT2D eigenvalue weighted by molar-refractivity contribution is -0.386. The van der Waals surface area contributed by atoms with Crippen LogP contribution in [0.2, 0.25) is 0 Å². The van der Waals surface area contributed by atoms with Gasteiger partial charge in [0.2, 0.25) is 5.82 Å². The van der Waals surface area contributed by atoms with Crippen LogP contribution < -0.4 is 9.64 Å². The zero-order valence-electron chi connectivity index (χ0n) is 12.1. The molecule has 114 valence electrons. The SMILES string of the molecule is COc1cc(F)c([N+](=O)[O-])c(N2CCC3(CCCC3)C2)c1. The van der Waals surface area contributed by atoms with Gasteiger partial charge in [-0.2, -0.15) is 4.39 Å². The lowest BCUT2D eigenvalue weighted by atomic mass is 9.86. The monoisotopic (exact) mass is 294 g/mol. The minimum absolute atomic E-state index is 0.271. The summed E-state index contributed by atoms with van der Waals surface area (Å²) in [5.41, 5.74) is 0.180. The quantitative estimate of drug-likeness (QED) is 0.632. The Hall–Kier alpha value is -1.85. The van der Waals surface area contributed by atoms with Crippen molar-refractivity contribution in [2.45, 2.75) is 32.1 Å². The van der Waals surface area contributed by atoms with E-state index in [2.05, 4.69) is 0 Å². The van der Waals surface area contributed by atoms with Crippen LogP contribution in [0.1, 0.15) is 32.1 Å². The van der Waals surface area contributed by atoms with Crippen molar-refractivity contribution in [2.24, 2.45) is 5.41 Å². The molecule has 0 radical (unpaired) electrons. The van der Waals surface area contributed by atoms with E-state index in [1.54, 1.807) is 6.07 Å². The maximum Gasteiger partial charge on any atom is 0.328 e. The maximum atomic E-state index is 14.0. The molecule has 21 heavy (non-hydrogen) atoms. The van der Waals surface area contributed by atoms with Crippen LogP contribution in [0.25, 0.3) is 0 Å². The zero-order valence-corrected chi connectivity index (χ0v) is 12.1. The van der Waals surface area contributed by atoms with E-state index < -0.39 is 16.4 Å². The van der Waals surface area contributed by atoms with Crippen LogP contribution >= 0.6 is 0 Å². The summed E-state index contributed by atoms with van der Waals surface area (Å²) in [6.45, 7) is 1.52. The third kappa shape index (κ3) is 2.43. The van der Waals surface area contributed by atoms with Crippen molar-refractivity contribution in [3.63, 3.8) is 0 Å². The normalized spacial score (nSPS) is 20.2. The molecule has 1 aromatic carbocycles. The summed E-state index contributed by atoms with van der Waals surface area (Å²) in [6, 6.07) is 2.65. The highest BCUT2D eigenvalue weighted by atomic mass is 19.1. The van der Waals surface area contributed by atoms with Gasteiger partial charge in [0.1, 0.15) is 11.4 Å². The van der Waals surface area contributed by atoms with Gasteiger partial charge in [0.05, 0.1) is 12.0 Å². The number of anilines is 1.